The van der Waals surface area contributed by atoms with Gasteiger partial charge in [0.15, 0.2) is 0 Å². The van der Waals surface area contributed by atoms with E-state index in [0.717, 1.165) is 6.42 Å². The van der Waals surface area contributed by atoms with E-state index in [9.17, 15) is 44.3 Å². The zero-order valence-corrected chi connectivity index (χ0v) is 12.3. The number of carbonyl (C=O) groups is 1. The van der Waals surface area contributed by atoms with Crippen LogP contribution in [0.25, 0.3) is 0 Å². The molecule has 0 saturated heterocycles. The summed E-state index contributed by atoms with van der Waals surface area (Å²) in [4.78, 5) is 11.3. The summed E-state index contributed by atoms with van der Waals surface area (Å²) in [5, 5.41) is 1.49. The number of halogens is 9. The number of alkyl halides is 9. The highest BCUT2D eigenvalue weighted by Gasteiger charge is 2.83. The van der Waals surface area contributed by atoms with E-state index in [4.69, 9.17) is 0 Å². The maximum absolute atomic E-state index is 13.4. The van der Waals surface area contributed by atoms with Gasteiger partial charge in [-0.2, -0.15) is 39.5 Å². The molecule has 2 nitrogen and oxygen atoms in total. The molecule has 0 unspecified atom stereocenters. The Balaban J connectivity index is 2.93. The Kier molecular flexibility index (Phi) is 6.08. The number of carbonyl (C=O) groups excluding carboxylic acids is 1. The zero-order chi connectivity index (χ0) is 18.8. The molecule has 11 heteroatoms. The minimum Gasteiger partial charge on any atom is -0.348 e. The van der Waals surface area contributed by atoms with Crippen LogP contribution in [0.15, 0.2) is 0 Å². The first-order valence-electron chi connectivity index (χ1n) is 7.26. The van der Waals surface area contributed by atoms with E-state index in [1.165, 1.54) is 5.32 Å². The van der Waals surface area contributed by atoms with Gasteiger partial charge in [0, 0.05) is 6.04 Å². The summed E-state index contributed by atoms with van der Waals surface area (Å²) < 4.78 is 115. The third kappa shape index (κ3) is 3.90. The van der Waals surface area contributed by atoms with Crippen LogP contribution < -0.4 is 5.32 Å². The molecule has 1 saturated carbocycles. The summed E-state index contributed by atoms with van der Waals surface area (Å²) in [5.41, 5.74) is 0. The topological polar surface area (TPSA) is 29.1 Å². The standard InChI is InChI=1S/C13H16F9NO/c14-10(15,11(16,17)12(18,19)13(20,21)22)9(24)23-8-6-4-2-1-3-5-7-8/h8H,1-7H2,(H,23,24). The van der Waals surface area contributed by atoms with Crippen LogP contribution in [-0.2, 0) is 4.79 Å². The third-order valence-electron chi connectivity index (χ3n) is 3.87. The zero-order valence-electron chi connectivity index (χ0n) is 12.3. The molecule has 24 heavy (non-hydrogen) atoms. The minimum atomic E-state index is -7.05. The molecule has 142 valence electrons. The van der Waals surface area contributed by atoms with Gasteiger partial charge in [-0.25, -0.2) is 0 Å². The SMILES string of the molecule is O=C(NC1CCCCCCC1)C(F)(F)C(F)(F)C(F)(F)C(F)(F)F. The van der Waals surface area contributed by atoms with Crippen molar-refractivity contribution in [3.63, 3.8) is 0 Å². The van der Waals surface area contributed by atoms with E-state index >= 15 is 0 Å². The molecule has 0 aromatic rings. The molecule has 0 aromatic carbocycles. The fourth-order valence-electron chi connectivity index (χ4n) is 2.39. The highest BCUT2D eigenvalue weighted by molar-refractivity contribution is 5.85. The van der Waals surface area contributed by atoms with Crippen molar-refractivity contribution in [1.82, 2.24) is 5.32 Å². The van der Waals surface area contributed by atoms with Gasteiger partial charge in [-0.15, -0.1) is 0 Å². The Bertz CT molecular complexity index is 439. The summed E-state index contributed by atoms with van der Waals surface area (Å²) in [6.45, 7) is 0. The van der Waals surface area contributed by atoms with E-state index < -0.39 is 35.9 Å². The van der Waals surface area contributed by atoms with Gasteiger partial charge in [-0.05, 0) is 12.8 Å². The molecular weight excluding hydrogens is 357 g/mol. The number of hydrogen-bond donors (Lipinski definition) is 1. The van der Waals surface area contributed by atoms with Crippen LogP contribution in [0.1, 0.15) is 44.9 Å². The molecule has 1 rings (SSSR count). The predicted molar refractivity (Wildman–Crippen MR) is 65.1 cm³/mol. The van der Waals surface area contributed by atoms with Crippen LogP contribution in [-0.4, -0.2) is 35.9 Å². The van der Waals surface area contributed by atoms with Crippen LogP contribution in [0.2, 0.25) is 0 Å². The molecule has 1 fully saturated rings. The van der Waals surface area contributed by atoms with Gasteiger partial charge in [-0.3, -0.25) is 4.79 Å². The van der Waals surface area contributed by atoms with Gasteiger partial charge >= 0.3 is 23.9 Å². The molecule has 0 spiro atoms. The first kappa shape index (κ1) is 20.9. The van der Waals surface area contributed by atoms with Gasteiger partial charge in [0.25, 0.3) is 5.91 Å². The van der Waals surface area contributed by atoms with Crippen LogP contribution in [0.5, 0.6) is 0 Å². The van der Waals surface area contributed by atoms with Crippen LogP contribution in [0.3, 0.4) is 0 Å². The van der Waals surface area contributed by atoms with E-state index in [1.807, 2.05) is 0 Å². The van der Waals surface area contributed by atoms with Crippen molar-refractivity contribution in [1.29, 1.82) is 0 Å². The normalized spacial score (nSPS) is 19.5. The predicted octanol–water partition coefficient (Wildman–Crippen LogP) is 4.68. The lowest BCUT2D eigenvalue weighted by atomic mass is 9.96. The second-order valence-electron chi connectivity index (χ2n) is 5.74. The molecule has 0 aromatic heterocycles. The van der Waals surface area contributed by atoms with Crippen molar-refractivity contribution < 1.29 is 44.3 Å². The number of hydrogen-bond acceptors (Lipinski definition) is 1. The van der Waals surface area contributed by atoms with E-state index in [2.05, 4.69) is 0 Å². The van der Waals surface area contributed by atoms with Crippen LogP contribution >= 0.6 is 0 Å². The fraction of sp³-hybridized carbons (Fsp3) is 0.923. The highest BCUT2D eigenvalue weighted by atomic mass is 19.4. The molecule has 0 heterocycles. The second kappa shape index (κ2) is 6.99. The Morgan fingerprint density at radius 1 is 0.708 bits per heavy atom. The Labute approximate surface area is 131 Å². The molecule has 1 aliphatic rings. The Hall–Kier alpha value is -1.16. The molecule has 1 N–H and O–H groups in total. The third-order valence-corrected chi connectivity index (χ3v) is 3.87. The quantitative estimate of drug-likeness (QED) is 0.712. The number of nitrogens with one attached hydrogen (secondary N) is 1. The van der Waals surface area contributed by atoms with Crippen molar-refractivity contribution in [2.45, 2.75) is 74.9 Å². The van der Waals surface area contributed by atoms with Gasteiger partial charge < -0.3 is 5.32 Å². The molecular formula is C13H16F9NO. The van der Waals surface area contributed by atoms with E-state index in [-0.39, 0.29) is 12.8 Å². The molecule has 0 bridgehead atoms. The molecule has 0 aliphatic heterocycles. The van der Waals surface area contributed by atoms with Crippen LogP contribution in [0.4, 0.5) is 39.5 Å². The van der Waals surface area contributed by atoms with Crippen molar-refractivity contribution >= 4 is 5.91 Å². The smallest absolute Gasteiger partial charge is 0.348 e. The molecule has 1 amide bonds. The average molecular weight is 373 g/mol. The first-order chi connectivity index (χ1) is 10.7. The molecule has 1 aliphatic carbocycles. The molecule has 0 radical (unpaired) electrons. The first-order valence-corrected chi connectivity index (χ1v) is 7.26. The van der Waals surface area contributed by atoms with Crippen LogP contribution in [0, 0.1) is 0 Å². The van der Waals surface area contributed by atoms with E-state index in [1.54, 1.807) is 0 Å². The summed E-state index contributed by atoms with van der Waals surface area (Å²) in [6, 6.07) is -0.973. The van der Waals surface area contributed by atoms with Crippen molar-refractivity contribution in [2.24, 2.45) is 0 Å². The highest BCUT2D eigenvalue weighted by Crippen LogP contribution is 2.53. The van der Waals surface area contributed by atoms with Gasteiger partial charge in [0.05, 0.1) is 0 Å². The molecule has 0 atom stereocenters. The van der Waals surface area contributed by atoms with Gasteiger partial charge in [-0.1, -0.05) is 32.1 Å². The maximum atomic E-state index is 13.4. The minimum absolute atomic E-state index is 0.156. The maximum Gasteiger partial charge on any atom is 0.460 e. The Morgan fingerprint density at radius 2 is 1.12 bits per heavy atom. The Morgan fingerprint density at radius 3 is 1.54 bits per heavy atom. The van der Waals surface area contributed by atoms with Crippen molar-refractivity contribution in [3.8, 4) is 0 Å². The lowest BCUT2D eigenvalue weighted by molar-refractivity contribution is -0.388. The summed E-state index contributed by atoms with van der Waals surface area (Å²) >= 11 is 0. The monoisotopic (exact) mass is 373 g/mol. The second-order valence-corrected chi connectivity index (χ2v) is 5.74. The summed E-state index contributed by atoms with van der Waals surface area (Å²) in [7, 11) is 0. The summed E-state index contributed by atoms with van der Waals surface area (Å²) in [6.07, 6.45) is -3.34. The van der Waals surface area contributed by atoms with Crippen molar-refractivity contribution in [3.05, 3.63) is 0 Å². The van der Waals surface area contributed by atoms with E-state index in [0.29, 0.717) is 25.7 Å². The number of rotatable bonds is 4. The van der Waals surface area contributed by atoms with Gasteiger partial charge in [0.1, 0.15) is 0 Å². The average Bonchev–Trinajstić information content (AvgIpc) is 2.39. The lowest BCUT2D eigenvalue weighted by Crippen LogP contribution is -2.65. The fourth-order valence-corrected chi connectivity index (χ4v) is 2.39. The lowest BCUT2D eigenvalue weighted by Gasteiger charge is -2.33. The number of amides is 1. The van der Waals surface area contributed by atoms with Crippen molar-refractivity contribution in [2.75, 3.05) is 0 Å². The summed E-state index contributed by atoms with van der Waals surface area (Å²) in [5.74, 6) is -23.0. The van der Waals surface area contributed by atoms with Gasteiger partial charge in [0.2, 0.25) is 0 Å². The largest absolute Gasteiger partial charge is 0.460 e.